The summed E-state index contributed by atoms with van der Waals surface area (Å²) in [6.45, 7) is 1.96. The number of hydrogen-bond donors (Lipinski definition) is 4. The molecule has 0 aliphatic heterocycles. The van der Waals surface area contributed by atoms with Crippen LogP contribution in [0.1, 0.15) is 136 Å². The highest BCUT2D eigenvalue weighted by Gasteiger charge is 2.27. The minimum absolute atomic E-state index is 0.000210. The Labute approximate surface area is 349 Å². The van der Waals surface area contributed by atoms with Gasteiger partial charge in [-0.25, -0.2) is 4.57 Å². The Morgan fingerprint density at radius 1 is 0.603 bits per heavy atom. The lowest BCUT2D eigenvalue weighted by atomic mass is 10.1. The summed E-state index contributed by atoms with van der Waals surface area (Å²) in [6, 6.07) is 0. The molecule has 0 aromatic rings. The lowest BCUT2D eigenvalue weighted by Gasteiger charge is -2.20. The van der Waals surface area contributed by atoms with Gasteiger partial charge in [-0.3, -0.25) is 18.6 Å². The summed E-state index contributed by atoms with van der Waals surface area (Å²) in [5.41, 5.74) is 0. The Bertz CT molecular complexity index is 1300. The second kappa shape index (κ2) is 40.6. The van der Waals surface area contributed by atoms with Crippen molar-refractivity contribution in [2.75, 3.05) is 26.4 Å². The first-order chi connectivity index (χ1) is 28.1. The minimum atomic E-state index is -4.68. The molecular formula is C46H75O11P. The standard InChI is InChI=1S/C46H75O11P/c1-3-5-7-9-11-13-15-17-18-19-20-22-24-26-28-30-32-36-46(51)57-44(41-56-58(52,53)55-39-43(49)38-47)40-54-45(50)37-33-35-42(48)34-31-29-27-25-23-21-16-14-12-10-8-6-4-2/h6,8,11-14,17-18,20-23,27,29,31,34,42-44,47-49H,3-5,7,9-10,15-16,19,24-26,28,30,32-33,35-41H2,1-2H3,(H,52,53)/b8-6-,13-11-,14-12-,18-17-,22-20-,23-21-,29-27-,34-31+/t42?,43-,44+/m0/s1. The molecule has 0 fully saturated rings. The molecule has 0 bridgehead atoms. The number of esters is 2. The van der Waals surface area contributed by atoms with Crippen molar-refractivity contribution in [1.29, 1.82) is 0 Å². The normalized spacial score (nSPS) is 15.3. The van der Waals surface area contributed by atoms with Gasteiger partial charge in [0.1, 0.15) is 12.7 Å². The van der Waals surface area contributed by atoms with Crippen LogP contribution < -0.4 is 0 Å². The zero-order valence-corrected chi connectivity index (χ0v) is 36.2. The first-order valence-electron chi connectivity index (χ1n) is 21.3. The van der Waals surface area contributed by atoms with Crippen LogP contribution in [0.15, 0.2) is 97.2 Å². The summed E-state index contributed by atoms with van der Waals surface area (Å²) in [6.07, 6.45) is 45.4. The predicted octanol–water partition coefficient (Wildman–Crippen LogP) is 10.2. The highest BCUT2D eigenvalue weighted by atomic mass is 31.2. The number of unbranched alkanes of at least 4 members (excludes halogenated alkanes) is 7. The number of carbonyl (C=O) groups excluding carboxylic acids is 2. The van der Waals surface area contributed by atoms with Crippen molar-refractivity contribution in [2.45, 2.75) is 154 Å². The SMILES string of the molecule is CC/C=C\C/C=C\C/C=C\C/C=C\C=C\C(O)CCCC(=O)OC[C@H](COP(=O)(O)OC[C@@H](O)CO)OC(=O)CCCCCC/C=C\C/C=C\C/C=C\CCCCC. The molecule has 0 rings (SSSR count). The summed E-state index contributed by atoms with van der Waals surface area (Å²) in [5.74, 6) is -1.17. The van der Waals surface area contributed by atoms with Gasteiger partial charge < -0.3 is 29.7 Å². The Morgan fingerprint density at radius 3 is 1.74 bits per heavy atom. The molecular weight excluding hydrogens is 759 g/mol. The van der Waals surface area contributed by atoms with E-state index >= 15 is 0 Å². The van der Waals surface area contributed by atoms with Gasteiger partial charge in [-0.15, -0.1) is 0 Å². The van der Waals surface area contributed by atoms with Crippen molar-refractivity contribution < 1.29 is 52.9 Å². The third-order valence-electron chi connectivity index (χ3n) is 8.33. The molecule has 0 saturated carbocycles. The lowest BCUT2D eigenvalue weighted by molar-refractivity contribution is -0.161. The molecule has 0 aliphatic rings. The molecule has 330 valence electrons. The molecule has 0 aliphatic carbocycles. The van der Waals surface area contributed by atoms with E-state index in [0.717, 1.165) is 70.6 Å². The third-order valence-corrected chi connectivity index (χ3v) is 9.28. The zero-order valence-electron chi connectivity index (χ0n) is 35.3. The molecule has 12 heteroatoms. The van der Waals surface area contributed by atoms with E-state index in [-0.39, 0.29) is 12.8 Å². The van der Waals surface area contributed by atoms with Gasteiger partial charge in [-0.05, 0) is 83.5 Å². The summed E-state index contributed by atoms with van der Waals surface area (Å²) in [5, 5.41) is 28.6. The van der Waals surface area contributed by atoms with Crippen molar-refractivity contribution in [1.82, 2.24) is 0 Å². The van der Waals surface area contributed by atoms with Gasteiger partial charge in [0.15, 0.2) is 6.10 Å². The number of carbonyl (C=O) groups is 2. The quantitative estimate of drug-likeness (QED) is 0.0154. The number of phosphoric acid groups is 1. The highest BCUT2D eigenvalue weighted by molar-refractivity contribution is 7.47. The maximum Gasteiger partial charge on any atom is 0.472 e. The Morgan fingerprint density at radius 2 is 1.14 bits per heavy atom. The van der Waals surface area contributed by atoms with E-state index in [4.69, 9.17) is 19.1 Å². The average Bonchev–Trinajstić information content (AvgIpc) is 3.20. The van der Waals surface area contributed by atoms with Crippen molar-refractivity contribution in [3.63, 3.8) is 0 Å². The number of rotatable bonds is 38. The van der Waals surface area contributed by atoms with Gasteiger partial charge in [0.05, 0.1) is 25.9 Å². The first kappa shape index (κ1) is 54.9. The van der Waals surface area contributed by atoms with Crippen LogP contribution >= 0.6 is 7.82 Å². The van der Waals surface area contributed by atoms with Crippen LogP contribution in [0.3, 0.4) is 0 Å². The molecule has 0 aromatic carbocycles. The first-order valence-corrected chi connectivity index (χ1v) is 22.8. The molecule has 58 heavy (non-hydrogen) atoms. The van der Waals surface area contributed by atoms with Gasteiger partial charge in [0, 0.05) is 12.8 Å². The molecule has 4 N–H and O–H groups in total. The van der Waals surface area contributed by atoms with E-state index in [1.165, 1.54) is 19.3 Å². The van der Waals surface area contributed by atoms with Crippen LogP contribution in [-0.4, -0.2) is 76.9 Å². The number of phosphoric ester groups is 1. The van der Waals surface area contributed by atoms with Crippen molar-refractivity contribution in [3.8, 4) is 0 Å². The Kier molecular flexibility index (Phi) is 38.4. The van der Waals surface area contributed by atoms with Crippen LogP contribution in [0.2, 0.25) is 0 Å². The molecule has 11 nitrogen and oxygen atoms in total. The van der Waals surface area contributed by atoms with E-state index in [1.54, 1.807) is 12.2 Å². The molecule has 0 aromatic heterocycles. The smallest absolute Gasteiger partial charge is 0.462 e. The largest absolute Gasteiger partial charge is 0.472 e. The van der Waals surface area contributed by atoms with Crippen LogP contribution in [0.4, 0.5) is 0 Å². The molecule has 0 saturated heterocycles. The molecule has 4 atom stereocenters. The van der Waals surface area contributed by atoms with Gasteiger partial charge >= 0.3 is 19.8 Å². The third kappa shape index (κ3) is 39.7. The summed E-state index contributed by atoms with van der Waals surface area (Å²) < 4.78 is 32.5. The minimum Gasteiger partial charge on any atom is -0.462 e. The van der Waals surface area contributed by atoms with Crippen LogP contribution in [0, 0.1) is 0 Å². The van der Waals surface area contributed by atoms with E-state index in [1.807, 2.05) is 12.2 Å². The number of aliphatic hydroxyl groups is 3. The fraction of sp³-hybridized carbons (Fsp3) is 0.609. The van der Waals surface area contributed by atoms with Crippen molar-refractivity contribution >= 4 is 19.8 Å². The van der Waals surface area contributed by atoms with Gasteiger partial charge in [-0.2, -0.15) is 0 Å². The summed E-state index contributed by atoms with van der Waals surface area (Å²) in [4.78, 5) is 35.0. The van der Waals surface area contributed by atoms with Crippen LogP contribution in [-0.2, 0) is 32.7 Å². The molecule has 2 unspecified atom stereocenters. The van der Waals surface area contributed by atoms with Gasteiger partial charge in [0.2, 0.25) is 0 Å². The number of aliphatic hydroxyl groups excluding tert-OH is 3. The fourth-order valence-electron chi connectivity index (χ4n) is 5.03. The molecule has 0 heterocycles. The maximum atomic E-state index is 12.6. The van der Waals surface area contributed by atoms with Crippen molar-refractivity contribution in [2.24, 2.45) is 0 Å². The second-order valence-corrected chi connectivity index (χ2v) is 15.3. The van der Waals surface area contributed by atoms with E-state index in [9.17, 15) is 29.3 Å². The molecule has 0 radical (unpaired) electrons. The van der Waals surface area contributed by atoms with Gasteiger partial charge in [-0.1, -0.05) is 137 Å². The van der Waals surface area contributed by atoms with Gasteiger partial charge in [0.25, 0.3) is 0 Å². The van der Waals surface area contributed by atoms with Crippen LogP contribution in [0.25, 0.3) is 0 Å². The molecule has 0 amide bonds. The average molecular weight is 835 g/mol. The number of hydrogen-bond acceptors (Lipinski definition) is 10. The topological polar surface area (TPSA) is 169 Å². The van der Waals surface area contributed by atoms with E-state index in [2.05, 4.69) is 91.3 Å². The number of allylic oxidation sites excluding steroid dienone is 15. The fourth-order valence-corrected chi connectivity index (χ4v) is 5.82. The monoisotopic (exact) mass is 835 g/mol. The molecule has 0 spiro atoms. The second-order valence-electron chi connectivity index (χ2n) is 13.8. The predicted molar refractivity (Wildman–Crippen MR) is 234 cm³/mol. The van der Waals surface area contributed by atoms with Crippen molar-refractivity contribution in [3.05, 3.63) is 97.2 Å². The number of ether oxygens (including phenoxy) is 2. The Balaban J connectivity index is 4.57. The van der Waals surface area contributed by atoms with Crippen LogP contribution in [0.5, 0.6) is 0 Å². The maximum absolute atomic E-state index is 12.6. The zero-order chi connectivity index (χ0) is 42.8. The lowest BCUT2D eigenvalue weighted by Crippen LogP contribution is -2.30. The Hall–Kier alpha value is -3.15. The van der Waals surface area contributed by atoms with E-state index in [0.29, 0.717) is 19.3 Å². The summed E-state index contributed by atoms with van der Waals surface area (Å²) >= 11 is 0. The summed E-state index contributed by atoms with van der Waals surface area (Å²) in [7, 11) is -4.68. The highest BCUT2D eigenvalue weighted by Crippen LogP contribution is 2.43. The van der Waals surface area contributed by atoms with E-state index < -0.39 is 64.5 Å².